The van der Waals surface area contributed by atoms with Gasteiger partial charge in [-0.2, -0.15) is 0 Å². The summed E-state index contributed by atoms with van der Waals surface area (Å²) in [6.07, 6.45) is 5.36. The average Bonchev–Trinajstić information content (AvgIpc) is 2.92. The molecule has 1 fully saturated rings. The van der Waals surface area contributed by atoms with E-state index in [4.69, 9.17) is 22.7 Å². The van der Waals surface area contributed by atoms with Crippen LogP contribution in [0.25, 0.3) is 0 Å². The zero-order valence-electron chi connectivity index (χ0n) is 11.7. The van der Waals surface area contributed by atoms with Gasteiger partial charge in [-0.15, -0.1) is 0 Å². The summed E-state index contributed by atoms with van der Waals surface area (Å²) >= 11 is 5.02. The molecule has 0 amide bonds. The van der Waals surface area contributed by atoms with Gasteiger partial charge >= 0.3 is 0 Å². The molecular formula is C15H22N2OS. The average molecular weight is 278 g/mol. The van der Waals surface area contributed by atoms with Crippen molar-refractivity contribution in [3.63, 3.8) is 0 Å². The fraction of sp³-hybridized carbons (Fsp3) is 0.533. The quantitative estimate of drug-likeness (QED) is 0.841. The molecule has 1 saturated carbocycles. The van der Waals surface area contributed by atoms with Crippen molar-refractivity contribution in [3.05, 3.63) is 29.3 Å². The van der Waals surface area contributed by atoms with Crippen LogP contribution in [-0.2, 0) is 6.54 Å². The molecule has 0 bridgehead atoms. The van der Waals surface area contributed by atoms with Crippen molar-refractivity contribution in [3.8, 4) is 5.75 Å². The molecule has 2 rings (SSSR count). The van der Waals surface area contributed by atoms with Crippen molar-refractivity contribution in [1.29, 1.82) is 0 Å². The number of rotatable bonds is 5. The minimum absolute atomic E-state index is 0.382. The Morgan fingerprint density at radius 1 is 1.42 bits per heavy atom. The van der Waals surface area contributed by atoms with Crippen LogP contribution < -0.4 is 10.5 Å². The molecule has 0 saturated heterocycles. The van der Waals surface area contributed by atoms with Gasteiger partial charge in [-0.1, -0.05) is 31.1 Å². The number of nitrogens with two attached hydrogens (primary N) is 1. The molecule has 104 valence electrons. The van der Waals surface area contributed by atoms with Gasteiger partial charge in [0.2, 0.25) is 0 Å². The first kappa shape index (κ1) is 14.3. The topological polar surface area (TPSA) is 38.5 Å². The van der Waals surface area contributed by atoms with E-state index in [1.807, 2.05) is 12.1 Å². The van der Waals surface area contributed by atoms with Crippen molar-refractivity contribution in [1.82, 2.24) is 4.90 Å². The second-order valence-corrected chi connectivity index (χ2v) is 5.69. The van der Waals surface area contributed by atoms with Gasteiger partial charge < -0.3 is 10.5 Å². The number of hydrogen-bond donors (Lipinski definition) is 1. The molecule has 0 spiro atoms. The molecule has 0 radical (unpaired) electrons. The van der Waals surface area contributed by atoms with E-state index in [-0.39, 0.29) is 0 Å². The van der Waals surface area contributed by atoms with E-state index in [9.17, 15) is 0 Å². The Bertz CT molecular complexity index is 455. The summed E-state index contributed by atoms with van der Waals surface area (Å²) in [5.41, 5.74) is 7.73. The Hall–Kier alpha value is -1.13. The highest BCUT2D eigenvalue weighted by Gasteiger charge is 2.19. The molecule has 0 heterocycles. The molecule has 0 atom stereocenters. The fourth-order valence-corrected chi connectivity index (χ4v) is 2.97. The maximum Gasteiger partial charge on any atom is 0.129 e. The maximum atomic E-state index is 5.68. The van der Waals surface area contributed by atoms with Crippen molar-refractivity contribution < 1.29 is 4.74 Å². The van der Waals surface area contributed by atoms with E-state index in [0.29, 0.717) is 4.99 Å². The number of thiocarbonyl (C=S) groups is 1. The molecule has 0 aromatic heterocycles. The lowest BCUT2D eigenvalue weighted by Crippen LogP contribution is -2.28. The van der Waals surface area contributed by atoms with Crippen LogP contribution >= 0.6 is 12.2 Å². The molecule has 0 aliphatic heterocycles. The Labute approximate surface area is 120 Å². The summed E-state index contributed by atoms with van der Waals surface area (Å²) in [6, 6.07) is 6.81. The SMILES string of the molecule is COc1cc(CN(C)C2CCCC2)ccc1C(N)=S. The van der Waals surface area contributed by atoms with E-state index >= 15 is 0 Å². The highest BCUT2D eigenvalue weighted by molar-refractivity contribution is 7.80. The zero-order chi connectivity index (χ0) is 13.8. The Balaban J connectivity index is 2.10. The van der Waals surface area contributed by atoms with E-state index in [0.717, 1.165) is 23.9 Å². The minimum atomic E-state index is 0.382. The summed E-state index contributed by atoms with van der Waals surface area (Å²) in [6.45, 7) is 0.943. The molecule has 1 aromatic rings. The van der Waals surface area contributed by atoms with Gasteiger partial charge in [0.05, 0.1) is 12.7 Å². The minimum Gasteiger partial charge on any atom is -0.496 e. The number of benzene rings is 1. The van der Waals surface area contributed by atoms with Crippen molar-refractivity contribution in [2.45, 2.75) is 38.3 Å². The summed E-state index contributed by atoms with van der Waals surface area (Å²) < 4.78 is 5.37. The lowest BCUT2D eigenvalue weighted by Gasteiger charge is -2.24. The van der Waals surface area contributed by atoms with Crippen molar-refractivity contribution >= 4 is 17.2 Å². The molecule has 1 aliphatic carbocycles. The lowest BCUT2D eigenvalue weighted by atomic mass is 10.1. The number of ether oxygens (including phenoxy) is 1. The van der Waals surface area contributed by atoms with Crippen LogP contribution in [0.4, 0.5) is 0 Å². The van der Waals surface area contributed by atoms with Crippen LogP contribution in [0.1, 0.15) is 36.8 Å². The van der Waals surface area contributed by atoms with Gasteiger partial charge in [0.25, 0.3) is 0 Å². The smallest absolute Gasteiger partial charge is 0.129 e. The monoisotopic (exact) mass is 278 g/mol. The largest absolute Gasteiger partial charge is 0.496 e. The van der Waals surface area contributed by atoms with Crippen LogP contribution in [0.2, 0.25) is 0 Å². The second kappa shape index (κ2) is 6.35. The summed E-state index contributed by atoms with van der Waals surface area (Å²) in [7, 11) is 3.85. The van der Waals surface area contributed by atoms with E-state index in [1.54, 1.807) is 7.11 Å². The molecule has 3 nitrogen and oxygen atoms in total. The van der Waals surface area contributed by atoms with Gasteiger partial charge in [0.1, 0.15) is 10.7 Å². The van der Waals surface area contributed by atoms with Gasteiger partial charge in [-0.05, 0) is 37.6 Å². The third-order valence-corrected chi connectivity index (χ3v) is 4.13. The highest BCUT2D eigenvalue weighted by Crippen LogP contribution is 2.25. The van der Waals surface area contributed by atoms with Crippen LogP contribution in [-0.4, -0.2) is 30.1 Å². The van der Waals surface area contributed by atoms with Gasteiger partial charge in [-0.25, -0.2) is 0 Å². The standard InChI is InChI=1S/C15H22N2OS/c1-17(12-5-3-4-6-12)10-11-7-8-13(15(16)19)14(9-11)18-2/h7-9,12H,3-6,10H2,1-2H3,(H2,16,19). The normalized spacial score (nSPS) is 15.9. The van der Waals surface area contributed by atoms with Gasteiger partial charge in [-0.3, -0.25) is 4.90 Å². The number of methoxy groups -OCH3 is 1. The first-order valence-corrected chi connectivity index (χ1v) is 7.19. The Morgan fingerprint density at radius 2 is 2.11 bits per heavy atom. The Kier molecular flexibility index (Phi) is 4.77. The maximum absolute atomic E-state index is 5.68. The Morgan fingerprint density at radius 3 is 2.68 bits per heavy atom. The van der Waals surface area contributed by atoms with Crippen LogP contribution in [0.15, 0.2) is 18.2 Å². The molecule has 2 N–H and O–H groups in total. The third kappa shape index (κ3) is 3.45. The van der Waals surface area contributed by atoms with Crippen LogP contribution in [0, 0.1) is 0 Å². The van der Waals surface area contributed by atoms with Crippen molar-refractivity contribution in [2.75, 3.05) is 14.2 Å². The van der Waals surface area contributed by atoms with Gasteiger partial charge in [0, 0.05) is 12.6 Å². The van der Waals surface area contributed by atoms with Crippen molar-refractivity contribution in [2.24, 2.45) is 5.73 Å². The second-order valence-electron chi connectivity index (χ2n) is 5.25. The fourth-order valence-electron chi connectivity index (χ4n) is 2.80. The predicted molar refractivity (Wildman–Crippen MR) is 82.6 cm³/mol. The molecule has 0 unspecified atom stereocenters. The molecule has 4 heteroatoms. The summed E-state index contributed by atoms with van der Waals surface area (Å²) in [5.74, 6) is 0.768. The first-order valence-electron chi connectivity index (χ1n) is 6.78. The number of hydrogen-bond acceptors (Lipinski definition) is 3. The molecule has 19 heavy (non-hydrogen) atoms. The molecular weight excluding hydrogens is 256 g/mol. The van der Waals surface area contributed by atoms with Crippen LogP contribution in [0.5, 0.6) is 5.75 Å². The van der Waals surface area contributed by atoms with E-state index in [2.05, 4.69) is 18.0 Å². The summed E-state index contributed by atoms with van der Waals surface area (Å²) in [5, 5.41) is 0. The first-order chi connectivity index (χ1) is 9.11. The highest BCUT2D eigenvalue weighted by atomic mass is 32.1. The van der Waals surface area contributed by atoms with Crippen LogP contribution in [0.3, 0.4) is 0 Å². The lowest BCUT2D eigenvalue weighted by molar-refractivity contribution is 0.237. The van der Waals surface area contributed by atoms with E-state index in [1.165, 1.54) is 31.2 Å². The summed E-state index contributed by atoms with van der Waals surface area (Å²) in [4.78, 5) is 2.81. The molecule has 1 aromatic carbocycles. The third-order valence-electron chi connectivity index (χ3n) is 3.91. The molecule has 1 aliphatic rings. The predicted octanol–water partition coefficient (Wildman–Crippen LogP) is 2.70. The zero-order valence-corrected chi connectivity index (χ0v) is 12.5. The van der Waals surface area contributed by atoms with E-state index < -0.39 is 0 Å². The van der Waals surface area contributed by atoms with Gasteiger partial charge in [0.15, 0.2) is 0 Å². The number of nitrogens with zero attached hydrogens (tertiary/aromatic N) is 1.